The van der Waals surface area contributed by atoms with Crippen molar-refractivity contribution in [3.63, 3.8) is 0 Å². The number of rotatable bonds is 8. The van der Waals surface area contributed by atoms with Crippen LogP contribution in [0.5, 0.6) is 5.75 Å². The monoisotopic (exact) mass is 297 g/mol. The number of methoxy groups -OCH3 is 1. The third-order valence-corrected chi connectivity index (χ3v) is 4.05. The van der Waals surface area contributed by atoms with Crippen LogP contribution in [0.2, 0.25) is 5.02 Å². The summed E-state index contributed by atoms with van der Waals surface area (Å²) in [7, 11) is 1.73. The van der Waals surface area contributed by atoms with Crippen molar-refractivity contribution in [2.24, 2.45) is 5.92 Å². The maximum Gasteiger partial charge on any atom is 0.125 e. The summed E-state index contributed by atoms with van der Waals surface area (Å²) in [6.45, 7) is 5.67. The lowest BCUT2D eigenvalue weighted by Crippen LogP contribution is -2.27. The first-order valence-electron chi connectivity index (χ1n) is 7.38. The van der Waals surface area contributed by atoms with Crippen LogP contribution in [-0.2, 0) is 17.6 Å². The van der Waals surface area contributed by atoms with Crippen LogP contribution < -0.4 is 10.1 Å². The summed E-state index contributed by atoms with van der Waals surface area (Å²) in [5.74, 6) is 1.67. The molecule has 1 aromatic rings. The van der Waals surface area contributed by atoms with Crippen molar-refractivity contribution in [2.45, 2.75) is 26.2 Å². The number of ether oxygens (including phenoxy) is 2. The highest BCUT2D eigenvalue weighted by atomic mass is 35.5. The predicted molar refractivity (Wildman–Crippen MR) is 82.9 cm³/mol. The van der Waals surface area contributed by atoms with E-state index >= 15 is 0 Å². The third kappa shape index (κ3) is 4.11. The van der Waals surface area contributed by atoms with Crippen LogP contribution in [0.25, 0.3) is 0 Å². The van der Waals surface area contributed by atoms with Crippen molar-refractivity contribution in [3.8, 4) is 5.75 Å². The fourth-order valence-corrected chi connectivity index (χ4v) is 2.91. The maximum atomic E-state index is 6.21. The lowest BCUT2D eigenvalue weighted by molar-refractivity contribution is 0.197. The number of hydrogen-bond acceptors (Lipinski definition) is 3. The van der Waals surface area contributed by atoms with Crippen molar-refractivity contribution in [2.75, 3.05) is 33.4 Å². The Morgan fingerprint density at radius 1 is 1.45 bits per heavy atom. The van der Waals surface area contributed by atoms with Gasteiger partial charge in [-0.25, -0.2) is 0 Å². The number of nitrogens with one attached hydrogen (secondary N) is 1. The third-order valence-electron chi connectivity index (χ3n) is 3.83. The lowest BCUT2D eigenvalue weighted by Gasteiger charge is -2.18. The Hall–Kier alpha value is -0.770. The number of hydrogen-bond donors (Lipinski definition) is 1. The molecule has 3 nitrogen and oxygen atoms in total. The molecule has 0 saturated carbocycles. The Morgan fingerprint density at radius 3 is 3.05 bits per heavy atom. The lowest BCUT2D eigenvalue weighted by atomic mass is 9.94. The normalized spacial score (nSPS) is 14.9. The van der Waals surface area contributed by atoms with Crippen molar-refractivity contribution >= 4 is 11.6 Å². The maximum absolute atomic E-state index is 6.21. The molecule has 1 aliphatic heterocycles. The van der Waals surface area contributed by atoms with E-state index in [1.807, 2.05) is 6.07 Å². The molecule has 1 N–H and O–H groups in total. The standard InChI is InChI=1S/C16H24ClNO2/c1-3-12(11-18-5-7-19-2)8-14-10-15(17)9-13-4-6-20-16(13)14/h9-10,12,18H,3-8,11H2,1-2H3. The predicted octanol–water partition coefficient (Wildman–Crippen LogP) is 3.08. The summed E-state index contributed by atoms with van der Waals surface area (Å²) in [5, 5.41) is 4.27. The molecule has 0 bridgehead atoms. The summed E-state index contributed by atoms with van der Waals surface area (Å²) in [4.78, 5) is 0. The minimum absolute atomic E-state index is 0.596. The first kappa shape index (κ1) is 15.6. The molecule has 1 atom stereocenters. The molecule has 1 aromatic carbocycles. The smallest absolute Gasteiger partial charge is 0.125 e. The molecule has 2 rings (SSSR count). The molecule has 0 amide bonds. The summed E-state index contributed by atoms with van der Waals surface area (Å²) < 4.78 is 10.8. The number of benzene rings is 1. The molecule has 0 spiro atoms. The van der Waals surface area contributed by atoms with Gasteiger partial charge in [-0.1, -0.05) is 24.9 Å². The Balaban J connectivity index is 1.97. The molecule has 0 aromatic heterocycles. The van der Waals surface area contributed by atoms with Gasteiger partial charge < -0.3 is 14.8 Å². The van der Waals surface area contributed by atoms with Gasteiger partial charge in [0.1, 0.15) is 5.75 Å². The van der Waals surface area contributed by atoms with Crippen LogP contribution in [0, 0.1) is 5.92 Å². The highest BCUT2D eigenvalue weighted by Crippen LogP contribution is 2.34. The van der Waals surface area contributed by atoms with Crippen LogP contribution in [0.3, 0.4) is 0 Å². The van der Waals surface area contributed by atoms with E-state index in [0.717, 1.165) is 56.3 Å². The topological polar surface area (TPSA) is 30.5 Å². The quantitative estimate of drug-likeness (QED) is 0.748. The van der Waals surface area contributed by atoms with Crippen LogP contribution in [-0.4, -0.2) is 33.4 Å². The molecule has 1 aliphatic rings. The Labute approximate surface area is 126 Å². The van der Waals surface area contributed by atoms with Gasteiger partial charge in [0, 0.05) is 25.1 Å². The van der Waals surface area contributed by atoms with Crippen molar-refractivity contribution in [1.82, 2.24) is 5.32 Å². The molecular weight excluding hydrogens is 274 g/mol. The van der Waals surface area contributed by atoms with E-state index in [4.69, 9.17) is 21.1 Å². The van der Waals surface area contributed by atoms with Crippen molar-refractivity contribution < 1.29 is 9.47 Å². The minimum atomic E-state index is 0.596. The molecule has 4 heteroatoms. The van der Waals surface area contributed by atoms with Gasteiger partial charge in [0.2, 0.25) is 0 Å². The van der Waals surface area contributed by atoms with Gasteiger partial charge in [0.25, 0.3) is 0 Å². The van der Waals surface area contributed by atoms with Gasteiger partial charge >= 0.3 is 0 Å². The molecule has 0 aliphatic carbocycles. The second-order valence-corrected chi connectivity index (χ2v) is 5.76. The number of halogens is 1. The van der Waals surface area contributed by atoms with E-state index in [-0.39, 0.29) is 0 Å². The molecule has 1 heterocycles. The van der Waals surface area contributed by atoms with E-state index in [0.29, 0.717) is 5.92 Å². The Bertz CT molecular complexity index is 437. The fourth-order valence-electron chi connectivity index (χ4n) is 2.65. The van der Waals surface area contributed by atoms with E-state index in [1.54, 1.807) is 7.11 Å². The zero-order chi connectivity index (χ0) is 14.4. The zero-order valence-corrected chi connectivity index (χ0v) is 13.1. The highest BCUT2D eigenvalue weighted by Gasteiger charge is 2.19. The van der Waals surface area contributed by atoms with E-state index in [1.165, 1.54) is 11.1 Å². The highest BCUT2D eigenvalue weighted by molar-refractivity contribution is 6.30. The molecule has 1 unspecified atom stereocenters. The zero-order valence-electron chi connectivity index (χ0n) is 12.4. The Morgan fingerprint density at radius 2 is 2.30 bits per heavy atom. The second kappa shape index (κ2) is 7.87. The molecule has 0 saturated heterocycles. The molecule has 112 valence electrons. The molecular formula is C16H24ClNO2. The molecule has 20 heavy (non-hydrogen) atoms. The van der Waals surface area contributed by atoms with Crippen LogP contribution >= 0.6 is 11.6 Å². The van der Waals surface area contributed by atoms with Gasteiger partial charge in [0.15, 0.2) is 0 Å². The summed E-state index contributed by atoms with van der Waals surface area (Å²) in [6, 6.07) is 4.09. The first-order chi connectivity index (χ1) is 9.74. The molecule has 0 radical (unpaired) electrons. The summed E-state index contributed by atoms with van der Waals surface area (Å²) in [6.07, 6.45) is 3.13. The van der Waals surface area contributed by atoms with Gasteiger partial charge in [-0.2, -0.15) is 0 Å². The van der Waals surface area contributed by atoms with Crippen molar-refractivity contribution in [3.05, 3.63) is 28.3 Å². The minimum Gasteiger partial charge on any atom is -0.493 e. The summed E-state index contributed by atoms with van der Waals surface area (Å²) >= 11 is 6.21. The SMILES string of the molecule is CCC(CNCCOC)Cc1cc(Cl)cc2c1OCC2. The van der Waals surface area contributed by atoms with Gasteiger partial charge in [-0.15, -0.1) is 0 Å². The average molecular weight is 298 g/mol. The van der Waals surface area contributed by atoms with Gasteiger partial charge in [0.05, 0.1) is 13.2 Å². The Kier molecular flexibility index (Phi) is 6.14. The van der Waals surface area contributed by atoms with E-state index < -0.39 is 0 Å². The summed E-state index contributed by atoms with van der Waals surface area (Å²) in [5.41, 5.74) is 2.51. The van der Waals surface area contributed by atoms with Gasteiger partial charge in [-0.3, -0.25) is 0 Å². The van der Waals surface area contributed by atoms with E-state index in [2.05, 4.69) is 18.3 Å². The van der Waals surface area contributed by atoms with Crippen LogP contribution in [0.4, 0.5) is 0 Å². The van der Waals surface area contributed by atoms with Gasteiger partial charge in [-0.05, 0) is 42.1 Å². The fraction of sp³-hybridized carbons (Fsp3) is 0.625. The largest absolute Gasteiger partial charge is 0.493 e. The van der Waals surface area contributed by atoms with E-state index in [9.17, 15) is 0 Å². The number of fused-ring (bicyclic) bond motifs is 1. The molecule has 0 fully saturated rings. The van der Waals surface area contributed by atoms with Crippen molar-refractivity contribution in [1.29, 1.82) is 0 Å². The first-order valence-corrected chi connectivity index (χ1v) is 7.76. The van der Waals surface area contributed by atoms with Crippen LogP contribution in [0.1, 0.15) is 24.5 Å². The average Bonchev–Trinajstić information content (AvgIpc) is 2.90. The van der Waals surface area contributed by atoms with Crippen LogP contribution in [0.15, 0.2) is 12.1 Å². The second-order valence-electron chi connectivity index (χ2n) is 5.33.